The van der Waals surface area contributed by atoms with Gasteiger partial charge in [0.15, 0.2) is 0 Å². The van der Waals surface area contributed by atoms with Crippen molar-refractivity contribution in [2.24, 2.45) is 0 Å². The van der Waals surface area contributed by atoms with Crippen LogP contribution in [0.2, 0.25) is 0 Å². The topological polar surface area (TPSA) is 43.8 Å². The summed E-state index contributed by atoms with van der Waals surface area (Å²) in [5.74, 6) is -2.04. The van der Waals surface area contributed by atoms with E-state index < -0.39 is 17.6 Å². The zero-order chi connectivity index (χ0) is 17.1. The minimum absolute atomic E-state index is 0.273. The Morgan fingerprint density at radius 2 is 1.67 bits per heavy atom. The highest BCUT2D eigenvalue weighted by Gasteiger charge is 2.19. The molecule has 2 aromatic carbocycles. The number of piperazine rings is 1. The molecular formula is C18H18F2N2O2. The van der Waals surface area contributed by atoms with Gasteiger partial charge in [-0.3, -0.25) is 4.90 Å². The Morgan fingerprint density at radius 3 is 2.25 bits per heavy atom. The summed E-state index contributed by atoms with van der Waals surface area (Å²) in [6.45, 7) is 3.57. The standard InChI is InChI=1S/C18H18F2N2O2/c19-15-5-6-17(16(20)11-15)22-9-7-21(8-10-22)12-13-1-3-14(4-2-13)18(23)24/h1-6,11H,7-10,12H2,(H,23,24). The van der Waals surface area contributed by atoms with Gasteiger partial charge in [-0.2, -0.15) is 0 Å². The molecule has 0 amide bonds. The minimum atomic E-state index is -0.934. The van der Waals surface area contributed by atoms with E-state index in [2.05, 4.69) is 4.90 Å². The van der Waals surface area contributed by atoms with Gasteiger partial charge in [-0.1, -0.05) is 12.1 Å². The lowest BCUT2D eigenvalue weighted by Gasteiger charge is -2.36. The second-order valence-electron chi connectivity index (χ2n) is 5.86. The van der Waals surface area contributed by atoms with Crippen LogP contribution in [0.5, 0.6) is 0 Å². The summed E-state index contributed by atoms with van der Waals surface area (Å²) in [6.07, 6.45) is 0. The first kappa shape index (κ1) is 16.4. The lowest BCUT2D eigenvalue weighted by Crippen LogP contribution is -2.46. The molecule has 0 bridgehead atoms. The molecule has 0 radical (unpaired) electrons. The summed E-state index contributed by atoms with van der Waals surface area (Å²) in [5.41, 5.74) is 1.75. The fourth-order valence-electron chi connectivity index (χ4n) is 2.90. The van der Waals surface area contributed by atoms with Crippen LogP contribution in [0.3, 0.4) is 0 Å². The number of anilines is 1. The summed E-state index contributed by atoms with van der Waals surface area (Å²) < 4.78 is 26.8. The van der Waals surface area contributed by atoms with Crippen LogP contribution in [-0.2, 0) is 6.54 Å². The Balaban J connectivity index is 1.58. The first-order valence-corrected chi connectivity index (χ1v) is 7.77. The summed E-state index contributed by atoms with van der Waals surface area (Å²) in [6, 6.07) is 10.5. The van der Waals surface area contributed by atoms with Crippen LogP contribution in [-0.4, -0.2) is 42.2 Å². The SMILES string of the molecule is O=C(O)c1ccc(CN2CCN(c3ccc(F)cc3F)CC2)cc1. The molecule has 0 spiro atoms. The molecule has 0 unspecified atom stereocenters. The van der Waals surface area contributed by atoms with E-state index in [1.807, 2.05) is 17.0 Å². The third-order valence-corrected chi connectivity index (χ3v) is 4.23. The van der Waals surface area contributed by atoms with Crippen LogP contribution in [0, 0.1) is 11.6 Å². The van der Waals surface area contributed by atoms with Crippen molar-refractivity contribution in [1.82, 2.24) is 4.90 Å². The van der Waals surface area contributed by atoms with Gasteiger partial charge in [0.1, 0.15) is 11.6 Å². The van der Waals surface area contributed by atoms with Crippen molar-refractivity contribution in [2.45, 2.75) is 6.54 Å². The van der Waals surface area contributed by atoms with E-state index in [0.29, 0.717) is 18.8 Å². The van der Waals surface area contributed by atoms with E-state index >= 15 is 0 Å². The maximum absolute atomic E-state index is 13.8. The second kappa shape index (κ2) is 6.97. The first-order chi connectivity index (χ1) is 11.5. The van der Waals surface area contributed by atoms with Crippen LogP contribution >= 0.6 is 0 Å². The van der Waals surface area contributed by atoms with Crippen molar-refractivity contribution in [3.8, 4) is 0 Å². The van der Waals surface area contributed by atoms with Gasteiger partial charge in [0.05, 0.1) is 11.3 Å². The number of benzene rings is 2. The monoisotopic (exact) mass is 332 g/mol. The van der Waals surface area contributed by atoms with Crippen molar-refractivity contribution in [1.29, 1.82) is 0 Å². The number of carbonyl (C=O) groups is 1. The number of halogens is 2. The highest BCUT2D eigenvalue weighted by molar-refractivity contribution is 5.87. The molecule has 3 rings (SSSR count). The molecule has 1 aliphatic heterocycles. The number of aromatic carboxylic acids is 1. The molecule has 0 aliphatic carbocycles. The molecular weight excluding hydrogens is 314 g/mol. The number of carboxylic acid groups (broad SMARTS) is 1. The molecule has 2 aromatic rings. The van der Waals surface area contributed by atoms with Gasteiger partial charge in [0, 0.05) is 38.8 Å². The predicted octanol–water partition coefficient (Wildman–Crippen LogP) is 2.99. The maximum atomic E-state index is 13.8. The van der Waals surface area contributed by atoms with Gasteiger partial charge >= 0.3 is 5.97 Å². The molecule has 1 fully saturated rings. The molecule has 1 aliphatic rings. The quantitative estimate of drug-likeness (QED) is 0.935. The number of hydrogen-bond acceptors (Lipinski definition) is 3. The van der Waals surface area contributed by atoms with Gasteiger partial charge in [-0.15, -0.1) is 0 Å². The Kier molecular flexibility index (Phi) is 4.76. The number of carboxylic acids is 1. The van der Waals surface area contributed by atoms with Crippen LogP contribution in [0.1, 0.15) is 15.9 Å². The third-order valence-electron chi connectivity index (χ3n) is 4.23. The van der Waals surface area contributed by atoms with E-state index in [1.165, 1.54) is 12.1 Å². The molecule has 1 N–H and O–H groups in total. The van der Waals surface area contributed by atoms with E-state index in [9.17, 15) is 13.6 Å². The summed E-state index contributed by atoms with van der Waals surface area (Å²) >= 11 is 0. The highest BCUT2D eigenvalue weighted by atomic mass is 19.1. The zero-order valence-corrected chi connectivity index (χ0v) is 13.1. The average Bonchev–Trinajstić information content (AvgIpc) is 2.56. The lowest BCUT2D eigenvalue weighted by molar-refractivity contribution is 0.0697. The molecule has 0 aromatic heterocycles. The second-order valence-corrected chi connectivity index (χ2v) is 5.86. The van der Waals surface area contributed by atoms with Gasteiger partial charge in [-0.25, -0.2) is 13.6 Å². The number of hydrogen-bond donors (Lipinski definition) is 1. The normalized spacial score (nSPS) is 15.5. The number of rotatable bonds is 4. The van der Waals surface area contributed by atoms with Crippen LogP contribution in [0.15, 0.2) is 42.5 Å². The molecule has 1 saturated heterocycles. The van der Waals surface area contributed by atoms with Gasteiger partial charge in [0.25, 0.3) is 0 Å². The lowest BCUT2D eigenvalue weighted by atomic mass is 10.1. The zero-order valence-electron chi connectivity index (χ0n) is 13.1. The van der Waals surface area contributed by atoms with E-state index in [0.717, 1.165) is 31.3 Å². The fraction of sp³-hybridized carbons (Fsp3) is 0.278. The van der Waals surface area contributed by atoms with Crippen molar-refractivity contribution >= 4 is 11.7 Å². The van der Waals surface area contributed by atoms with E-state index in [1.54, 1.807) is 12.1 Å². The highest BCUT2D eigenvalue weighted by Crippen LogP contribution is 2.22. The van der Waals surface area contributed by atoms with Crippen LogP contribution in [0.4, 0.5) is 14.5 Å². The molecule has 0 saturated carbocycles. The molecule has 0 atom stereocenters. The smallest absolute Gasteiger partial charge is 0.335 e. The van der Waals surface area contributed by atoms with Crippen molar-refractivity contribution in [3.05, 3.63) is 65.2 Å². The van der Waals surface area contributed by atoms with Crippen LogP contribution < -0.4 is 4.90 Å². The van der Waals surface area contributed by atoms with Crippen LogP contribution in [0.25, 0.3) is 0 Å². The summed E-state index contributed by atoms with van der Waals surface area (Å²) in [4.78, 5) is 15.0. The fourth-order valence-corrected chi connectivity index (χ4v) is 2.90. The average molecular weight is 332 g/mol. The van der Waals surface area contributed by atoms with Crippen molar-refractivity contribution in [2.75, 3.05) is 31.1 Å². The Hall–Kier alpha value is -2.47. The Labute approximate surface area is 138 Å². The third kappa shape index (κ3) is 3.71. The minimum Gasteiger partial charge on any atom is -0.478 e. The largest absolute Gasteiger partial charge is 0.478 e. The van der Waals surface area contributed by atoms with E-state index in [-0.39, 0.29) is 5.56 Å². The molecule has 6 heteroatoms. The van der Waals surface area contributed by atoms with E-state index in [4.69, 9.17) is 5.11 Å². The summed E-state index contributed by atoms with van der Waals surface area (Å²) in [7, 11) is 0. The Bertz CT molecular complexity index is 726. The maximum Gasteiger partial charge on any atom is 0.335 e. The molecule has 1 heterocycles. The molecule has 4 nitrogen and oxygen atoms in total. The van der Waals surface area contributed by atoms with Crippen molar-refractivity contribution < 1.29 is 18.7 Å². The van der Waals surface area contributed by atoms with Gasteiger partial charge in [0.2, 0.25) is 0 Å². The summed E-state index contributed by atoms with van der Waals surface area (Å²) in [5, 5.41) is 8.90. The first-order valence-electron chi connectivity index (χ1n) is 7.77. The molecule has 126 valence electrons. The van der Waals surface area contributed by atoms with Gasteiger partial charge in [-0.05, 0) is 29.8 Å². The van der Waals surface area contributed by atoms with Crippen molar-refractivity contribution in [3.63, 3.8) is 0 Å². The Morgan fingerprint density at radius 1 is 1.00 bits per heavy atom. The van der Waals surface area contributed by atoms with Gasteiger partial charge < -0.3 is 10.0 Å². The number of nitrogens with zero attached hydrogens (tertiary/aromatic N) is 2. The predicted molar refractivity (Wildman–Crippen MR) is 87.2 cm³/mol. The molecule has 24 heavy (non-hydrogen) atoms.